The highest BCUT2D eigenvalue weighted by molar-refractivity contribution is 5.69. The van der Waals surface area contributed by atoms with E-state index in [1.54, 1.807) is 0 Å². The van der Waals surface area contributed by atoms with Crippen molar-refractivity contribution in [2.75, 3.05) is 6.61 Å². The summed E-state index contributed by atoms with van der Waals surface area (Å²) in [5, 5.41) is 10.5. The summed E-state index contributed by atoms with van der Waals surface area (Å²) in [4.78, 5) is 35.7. The number of nitrogens with zero attached hydrogens (tertiary/aromatic N) is 3. The number of unbranched alkanes of at least 4 members (excludes halogenated alkanes) is 1. The van der Waals surface area contributed by atoms with Gasteiger partial charge in [0, 0.05) is 0 Å². The summed E-state index contributed by atoms with van der Waals surface area (Å²) >= 11 is 0. The zero-order valence-corrected chi connectivity index (χ0v) is 9.87. The lowest BCUT2D eigenvalue weighted by Crippen LogP contribution is -2.27. The van der Waals surface area contributed by atoms with Gasteiger partial charge in [-0.05, 0) is 6.42 Å². The average Bonchev–Trinajstić information content (AvgIpc) is 2.32. The van der Waals surface area contributed by atoms with Crippen molar-refractivity contribution >= 4 is 11.7 Å². The molecule has 0 saturated carbocycles. The van der Waals surface area contributed by atoms with Crippen molar-refractivity contribution in [2.24, 2.45) is 0 Å². The summed E-state index contributed by atoms with van der Waals surface area (Å²) in [6, 6.07) is 0. The van der Waals surface area contributed by atoms with E-state index in [1.165, 1.54) is 0 Å². The highest BCUT2D eigenvalue weighted by Crippen LogP contribution is 2.04. The van der Waals surface area contributed by atoms with E-state index in [2.05, 4.69) is 4.98 Å². The maximum atomic E-state index is 11.3. The Bertz CT molecular complexity index is 497. The van der Waals surface area contributed by atoms with E-state index >= 15 is 0 Å². The zero-order valence-electron chi connectivity index (χ0n) is 9.87. The van der Waals surface area contributed by atoms with E-state index in [0.29, 0.717) is 0 Å². The van der Waals surface area contributed by atoms with Gasteiger partial charge in [-0.3, -0.25) is 19.5 Å². The Balaban J connectivity index is 2.71. The second kappa shape index (κ2) is 6.48. The predicted molar refractivity (Wildman–Crippen MR) is 61.0 cm³/mol. The molecule has 0 unspecified atom stereocenters. The fourth-order valence-corrected chi connectivity index (χ4v) is 1.17. The Morgan fingerprint density at radius 1 is 1.61 bits per heavy atom. The maximum Gasteiger partial charge on any atom is 0.348 e. The number of esters is 1. The molecule has 18 heavy (non-hydrogen) atoms. The molecule has 0 bridgehead atoms. The summed E-state index contributed by atoms with van der Waals surface area (Å²) < 4.78 is 5.70. The molecular weight excluding hydrogens is 242 g/mol. The zero-order chi connectivity index (χ0) is 13.5. The normalized spacial score (nSPS) is 10.1. The molecule has 98 valence electrons. The van der Waals surface area contributed by atoms with Crippen molar-refractivity contribution in [3.8, 4) is 0 Å². The molecule has 1 aromatic heterocycles. The van der Waals surface area contributed by atoms with Crippen LogP contribution >= 0.6 is 0 Å². The molecule has 1 aromatic rings. The summed E-state index contributed by atoms with van der Waals surface area (Å²) in [5.41, 5.74) is -1.08. The van der Waals surface area contributed by atoms with Crippen molar-refractivity contribution < 1.29 is 14.5 Å². The Morgan fingerprint density at radius 3 is 2.94 bits per heavy atom. The topological polar surface area (TPSA) is 104 Å². The van der Waals surface area contributed by atoms with Crippen LogP contribution < -0.4 is 5.69 Å². The van der Waals surface area contributed by atoms with Crippen molar-refractivity contribution in [3.63, 3.8) is 0 Å². The second-order valence-corrected chi connectivity index (χ2v) is 3.55. The first-order chi connectivity index (χ1) is 8.54. The number of ether oxygens (including phenoxy) is 1. The van der Waals surface area contributed by atoms with Crippen LogP contribution in [-0.2, 0) is 16.1 Å². The molecule has 0 aliphatic heterocycles. The minimum Gasteiger partial charge on any atom is -0.464 e. The molecule has 0 atom stereocenters. The fraction of sp³-hybridized carbons (Fsp3) is 0.500. The number of aromatic nitrogens is 2. The molecule has 0 aliphatic rings. The van der Waals surface area contributed by atoms with Crippen LogP contribution in [0.3, 0.4) is 0 Å². The third-order valence-corrected chi connectivity index (χ3v) is 2.11. The van der Waals surface area contributed by atoms with Gasteiger partial charge >= 0.3 is 17.3 Å². The molecule has 8 heteroatoms. The molecule has 0 spiro atoms. The average molecular weight is 255 g/mol. The van der Waals surface area contributed by atoms with Crippen LogP contribution in [0.1, 0.15) is 19.8 Å². The first kappa shape index (κ1) is 13.8. The van der Waals surface area contributed by atoms with Gasteiger partial charge in [0.15, 0.2) is 0 Å². The standard InChI is InChI=1S/C10H13N3O5/c1-2-3-4-18-9(14)7-12-6-8(13(16)17)5-11-10(12)15/h5-6H,2-4,7H2,1H3. The van der Waals surface area contributed by atoms with Crippen molar-refractivity contribution in [2.45, 2.75) is 26.3 Å². The predicted octanol–water partition coefficient (Wildman–Crippen LogP) is 0.495. The minimum atomic E-state index is -0.729. The number of carbonyl (C=O) groups is 1. The molecule has 0 aliphatic carbocycles. The lowest BCUT2D eigenvalue weighted by atomic mass is 10.4. The van der Waals surface area contributed by atoms with Gasteiger partial charge in [0.25, 0.3) is 0 Å². The number of nitro groups is 1. The number of rotatable bonds is 6. The van der Waals surface area contributed by atoms with Crippen molar-refractivity contribution in [3.05, 3.63) is 33.0 Å². The number of hydrogen-bond donors (Lipinski definition) is 0. The molecule has 0 fully saturated rings. The number of carbonyl (C=O) groups excluding carboxylic acids is 1. The van der Waals surface area contributed by atoms with Crippen molar-refractivity contribution in [1.29, 1.82) is 0 Å². The van der Waals surface area contributed by atoms with Crippen LogP contribution in [0.15, 0.2) is 17.2 Å². The smallest absolute Gasteiger partial charge is 0.348 e. The van der Waals surface area contributed by atoms with E-state index in [4.69, 9.17) is 4.74 Å². The lowest BCUT2D eigenvalue weighted by molar-refractivity contribution is -0.385. The lowest BCUT2D eigenvalue weighted by Gasteiger charge is -2.05. The van der Waals surface area contributed by atoms with Gasteiger partial charge in [-0.25, -0.2) is 4.79 Å². The molecule has 1 heterocycles. The van der Waals surface area contributed by atoms with Gasteiger partial charge in [-0.15, -0.1) is 0 Å². The van der Waals surface area contributed by atoms with Gasteiger partial charge in [-0.2, -0.15) is 4.98 Å². The quantitative estimate of drug-likeness (QED) is 0.317. The molecule has 0 aromatic carbocycles. The van der Waals surface area contributed by atoms with Crippen molar-refractivity contribution in [1.82, 2.24) is 9.55 Å². The highest BCUT2D eigenvalue weighted by atomic mass is 16.6. The van der Waals surface area contributed by atoms with E-state index in [-0.39, 0.29) is 18.8 Å². The van der Waals surface area contributed by atoms with Gasteiger partial charge in [-0.1, -0.05) is 13.3 Å². The van der Waals surface area contributed by atoms with Crippen LogP contribution in [0.2, 0.25) is 0 Å². The Kier molecular flexibility index (Phi) is 4.97. The molecule has 0 saturated heterocycles. The Hall–Kier alpha value is -2.25. The largest absolute Gasteiger partial charge is 0.464 e. The molecule has 0 N–H and O–H groups in total. The molecule has 1 rings (SSSR count). The maximum absolute atomic E-state index is 11.3. The molecule has 8 nitrogen and oxygen atoms in total. The monoisotopic (exact) mass is 255 g/mol. The van der Waals surface area contributed by atoms with Crippen LogP contribution in [0.5, 0.6) is 0 Å². The van der Waals surface area contributed by atoms with Crippen LogP contribution in [0, 0.1) is 10.1 Å². The third kappa shape index (κ3) is 3.96. The molecule has 0 radical (unpaired) electrons. The number of hydrogen-bond acceptors (Lipinski definition) is 6. The van der Waals surface area contributed by atoms with Gasteiger partial charge in [0.05, 0.1) is 17.7 Å². The van der Waals surface area contributed by atoms with Crippen LogP contribution in [-0.4, -0.2) is 27.1 Å². The van der Waals surface area contributed by atoms with E-state index in [1.807, 2.05) is 6.92 Å². The summed E-state index contributed by atoms with van der Waals surface area (Å²) in [6.45, 7) is 1.84. The van der Waals surface area contributed by atoms with Crippen LogP contribution in [0.4, 0.5) is 5.69 Å². The first-order valence-corrected chi connectivity index (χ1v) is 5.41. The van der Waals surface area contributed by atoms with Crippen LogP contribution in [0.25, 0.3) is 0 Å². The van der Waals surface area contributed by atoms with Gasteiger partial charge in [0.1, 0.15) is 12.7 Å². The summed E-state index contributed by atoms with van der Waals surface area (Å²) in [6.07, 6.45) is 3.43. The van der Waals surface area contributed by atoms with Gasteiger partial charge < -0.3 is 4.74 Å². The third-order valence-electron chi connectivity index (χ3n) is 2.11. The summed E-state index contributed by atoms with van der Waals surface area (Å²) in [7, 11) is 0. The molecular formula is C10H13N3O5. The Labute approximate surface area is 102 Å². The fourth-order valence-electron chi connectivity index (χ4n) is 1.17. The van der Waals surface area contributed by atoms with E-state index in [9.17, 15) is 19.7 Å². The van der Waals surface area contributed by atoms with E-state index < -0.39 is 16.6 Å². The SMILES string of the molecule is CCCCOC(=O)Cn1cc([N+](=O)[O-])cnc1=O. The second-order valence-electron chi connectivity index (χ2n) is 3.55. The Morgan fingerprint density at radius 2 is 2.33 bits per heavy atom. The van der Waals surface area contributed by atoms with Gasteiger partial charge in [0.2, 0.25) is 0 Å². The summed E-state index contributed by atoms with van der Waals surface area (Å²) in [5.74, 6) is -0.618. The minimum absolute atomic E-state index is 0.270. The van der Waals surface area contributed by atoms with E-state index in [0.717, 1.165) is 29.8 Å². The first-order valence-electron chi connectivity index (χ1n) is 5.41. The highest BCUT2D eigenvalue weighted by Gasteiger charge is 2.12. The molecule has 0 amide bonds.